The van der Waals surface area contributed by atoms with E-state index in [1.165, 1.54) is 32.1 Å². The van der Waals surface area contributed by atoms with E-state index >= 15 is 0 Å². The van der Waals surface area contributed by atoms with E-state index in [-0.39, 0.29) is 18.0 Å². The number of ether oxygens (including phenoxy) is 1. The van der Waals surface area contributed by atoms with Crippen molar-refractivity contribution in [1.29, 1.82) is 0 Å². The van der Waals surface area contributed by atoms with Gasteiger partial charge in [-0.25, -0.2) is 4.68 Å². The van der Waals surface area contributed by atoms with Crippen molar-refractivity contribution in [3.05, 3.63) is 35.7 Å². The van der Waals surface area contributed by atoms with Gasteiger partial charge in [-0.15, -0.1) is 5.10 Å². The molecule has 0 radical (unpaired) electrons. The molecule has 2 aromatic rings. The van der Waals surface area contributed by atoms with Crippen molar-refractivity contribution >= 4 is 11.6 Å². The molecule has 2 saturated heterocycles. The highest BCUT2D eigenvalue weighted by Gasteiger charge is 2.27. The fraction of sp³-hybridized carbons (Fsp3) is 0.714. The topological polar surface area (TPSA) is 100 Å². The van der Waals surface area contributed by atoms with Gasteiger partial charge in [-0.2, -0.15) is 0 Å². The zero-order chi connectivity index (χ0) is 26.2. The second-order valence-electron chi connectivity index (χ2n) is 11.0. The van der Waals surface area contributed by atoms with Crippen LogP contribution in [-0.2, 0) is 9.53 Å². The Hall–Kier alpha value is -2.40. The molecule has 0 spiro atoms. The molecule has 0 bridgehead atoms. The summed E-state index contributed by atoms with van der Waals surface area (Å²) < 4.78 is 7.55. The third-order valence-corrected chi connectivity index (χ3v) is 8.38. The lowest BCUT2D eigenvalue weighted by Crippen LogP contribution is -2.40. The molecular weight excluding hydrogens is 480 g/mol. The monoisotopic (exact) mass is 524 g/mol. The lowest BCUT2D eigenvalue weighted by molar-refractivity contribution is -0.120. The van der Waals surface area contributed by atoms with Crippen molar-refractivity contribution in [1.82, 2.24) is 35.3 Å². The van der Waals surface area contributed by atoms with Crippen LogP contribution in [0.15, 0.2) is 24.3 Å². The SMILES string of the molecule is CC(C(=O)Nc1ccc(C(NCCCN2CCOCC2)c2nnnn2C2CCCCC2)cc1)N1CCCC1. The number of rotatable bonds is 11. The second kappa shape index (κ2) is 13.6. The van der Waals surface area contributed by atoms with Gasteiger partial charge >= 0.3 is 0 Å². The lowest BCUT2D eigenvalue weighted by atomic mass is 9.95. The Kier molecular flexibility index (Phi) is 9.72. The average Bonchev–Trinajstić information content (AvgIpc) is 3.67. The molecule has 10 nitrogen and oxygen atoms in total. The predicted octanol–water partition coefficient (Wildman–Crippen LogP) is 3.00. The molecule has 2 aliphatic heterocycles. The molecule has 1 saturated carbocycles. The van der Waals surface area contributed by atoms with E-state index in [1.54, 1.807) is 0 Å². The summed E-state index contributed by atoms with van der Waals surface area (Å²) in [6.45, 7) is 9.58. The molecule has 1 amide bonds. The Labute approximate surface area is 226 Å². The quantitative estimate of drug-likeness (QED) is 0.433. The highest BCUT2D eigenvalue weighted by atomic mass is 16.5. The first-order valence-electron chi connectivity index (χ1n) is 14.6. The van der Waals surface area contributed by atoms with Gasteiger partial charge < -0.3 is 15.4 Å². The van der Waals surface area contributed by atoms with Gasteiger partial charge in [-0.1, -0.05) is 31.4 Å². The van der Waals surface area contributed by atoms with Crippen LogP contribution in [-0.4, -0.2) is 94.4 Å². The molecule has 3 fully saturated rings. The van der Waals surface area contributed by atoms with Crippen molar-refractivity contribution in [2.75, 3.05) is 57.8 Å². The lowest BCUT2D eigenvalue weighted by Gasteiger charge is -2.27. The molecule has 2 unspecified atom stereocenters. The van der Waals surface area contributed by atoms with Crippen LogP contribution < -0.4 is 10.6 Å². The number of hydrogen-bond donors (Lipinski definition) is 2. The number of carbonyl (C=O) groups is 1. The van der Waals surface area contributed by atoms with Gasteiger partial charge in [0.05, 0.1) is 31.3 Å². The van der Waals surface area contributed by atoms with Gasteiger partial charge in [-0.3, -0.25) is 14.6 Å². The van der Waals surface area contributed by atoms with E-state index in [1.807, 2.05) is 19.1 Å². The summed E-state index contributed by atoms with van der Waals surface area (Å²) in [7, 11) is 0. The molecule has 208 valence electrons. The van der Waals surface area contributed by atoms with Gasteiger partial charge in [0.1, 0.15) is 0 Å². The van der Waals surface area contributed by atoms with Gasteiger partial charge in [0.15, 0.2) is 5.82 Å². The summed E-state index contributed by atoms with van der Waals surface area (Å²) in [5.41, 5.74) is 1.93. The molecule has 2 N–H and O–H groups in total. The fourth-order valence-corrected chi connectivity index (χ4v) is 6.01. The minimum absolute atomic E-state index is 0.0543. The van der Waals surface area contributed by atoms with Gasteiger partial charge in [0.25, 0.3) is 0 Å². The predicted molar refractivity (Wildman–Crippen MR) is 147 cm³/mol. The maximum absolute atomic E-state index is 12.8. The standard InChI is InChI=1S/C28H44N8O2/c1-22(35-16-5-6-17-35)28(37)30-24-12-10-23(11-13-24)26(29-14-7-15-34-18-20-38-21-19-34)27-31-32-33-36(27)25-8-3-2-4-9-25/h10-13,22,25-26,29H,2-9,14-21H2,1H3,(H,30,37). The Bertz CT molecular complexity index is 995. The molecule has 10 heteroatoms. The Balaban J connectivity index is 1.26. The first-order chi connectivity index (χ1) is 18.7. The third-order valence-electron chi connectivity index (χ3n) is 8.38. The second-order valence-corrected chi connectivity index (χ2v) is 11.0. The van der Waals surface area contributed by atoms with E-state index in [2.05, 4.69) is 52.8 Å². The summed E-state index contributed by atoms with van der Waals surface area (Å²) >= 11 is 0. The van der Waals surface area contributed by atoms with E-state index in [9.17, 15) is 4.79 Å². The maximum atomic E-state index is 12.8. The Morgan fingerprint density at radius 1 is 1.03 bits per heavy atom. The number of carbonyl (C=O) groups excluding carboxylic acids is 1. The summed E-state index contributed by atoms with van der Waals surface area (Å²) in [4.78, 5) is 17.5. The number of amides is 1. The van der Waals surface area contributed by atoms with Crippen LogP contribution in [0.5, 0.6) is 0 Å². The fourth-order valence-electron chi connectivity index (χ4n) is 6.01. The molecule has 1 aromatic heterocycles. The largest absolute Gasteiger partial charge is 0.379 e. The number of aromatic nitrogens is 4. The molecule has 1 aromatic carbocycles. The van der Waals surface area contributed by atoms with Crippen LogP contribution in [0.1, 0.15) is 81.8 Å². The smallest absolute Gasteiger partial charge is 0.241 e. The Morgan fingerprint density at radius 2 is 1.76 bits per heavy atom. The van der Waals surface area contributed by atoms with E-state index in [0.717, 1.165) is 88.8 Å². The van der Waals surface area contributed by atoms with Crippen LogP contribution in [0.25, 0.3) is 0 Å². The minimum atomic E-state index is -0.113. The average molecular weight is 525 g/mol. The van der Waals surface area contributed by atoms with Gasteiger partial charge in [0.2, 0.25) is 5.91 Å². The zero-order valence-electron chi connectivity index (χ0n) is 22.9. The highest BCUT2D eigenvalue weighted by Crippen LogP contribution is 2.31. The van der Waals surface area contributed by atoms with Crippen LogP contribution in [0, 0.1) is 0 Å². The molecule has 3 aliphatic rings. The van der Waals surface area contributed by atoms with E-state index in [4.69, 9.17) is 4.74 Å². The number of nitrogens with zero attached hydrogens (tertiary/aromatic N) is 6. The molecular formula is C28H44N8O2. The number of hydrogen-bond acceptors (Lipinski definition) is 8. The number of anilines is 1. The summed E-state index contributed by atoms with van der Waals surface area (Å²) in [6.07, 6.45) is 9.40. The van der Waals surface area contributed by atoms with Crippen molar-refractivity contribution in [3.63, 3.8) is 0 Å². The number of nitrogens with one attached hydrogen (secondary N) is 2. The molecule has 3 heterocycles. The summed E-state index contributed by atoms with van der Waals surface area (Å²) in [5, 5.41) is 19.9. The van der Waals surface area contributed by atoms with Crippen LogP contribution in [0.2, 0.25) is 0 Å². The maximum Gasteiger partial charge on any atom is 0.241 e. The van der Waals surface area contributed by atoms with Crippen LogP contribution in [0.4, 0.5) is 5.69 Å². The van der Waals surface area contributed by atoms with Gasteiger partial charge in [-0.05, 0) is 93.3 Å². The number of likely N-dealkylation sites (tertiary alicyclic amines) is 1. The first kappa shape index (κ1) is 27.2. The first-order valence-corrected chi connectivity index (χ1v) is 14.6. The van der Waals surface area contributed by atoms with Crippen molar-refractivity contribution in [2.45, 2.75) is 76.4 Å². The third kappa shape index (κ3) is 6.97. The molecule has 1 aliphatic carbocycles. The van der Waals surface area contributed by atoms with E-state index in [0.29, 0.717) is 6.04 Å². The van der Waals surface area contributed by atoms with E-state index < -0.39 is 0 Å². The number of morpholine rings is 1. The molecule has 5 rings (SSSR count). The summed E-state index contributed by atoms with van der Waals surface area (Å²) in [5.74, 6) is 0.932. The van der Waals surface area contributed by atoms with Crippen LogP contribution in [0.3, 0.4) is 0 Å². The van der Waals surface area contributed by atoms with Crippen LogP contribution >= 0.6 is 0 Å². The normalized spacial score (nSPS) is 21.4. The number of tetrazole rings is 1. The zero-order valence-corrected chi connectivity index (χ0v) is 22.9. The van der Waals surface area contributed by atoms with Gasteiger partial charge in [0, 0.05) is 18.8 Å². The Morgan fingerprint density at radius 3 is 2.50 bits per heavy atom. The molecule has 38 heavy (non-hydrogen) atoms. The molecule has 2 atom stereocenters. The highest BCUT2D eigenvalue weighted by molar-refractivity contribution is 5.94. The minimum Gasteiger partial charge on any atom is -0.379 e. The number of benzene rings is 1. The van der Waals surface area contributed by atoms with Crippen molar-refractivity contribution in [3.8, 4) is 0 Å². The summed E-state index contributed by atoms with van der Waals surface area (Å²) in [6, 6.07) is 8.33. The van der Waals surface area contributed by atoms with Crippen molar-refractivity contribution < 1.29 is 9.53 Å². The van der Waals surface area contributed by atoms with Crippen molar-refractivity contribution in [2.24, 2.45) is 0 Å².